The smallest absolute Gasteiger partial charge is 0.275 e. The van der Waals surface area contributed by atoms with E-state index in [1.165, 1.54) is 0 Å². The molecule has 2 aromatic carbocycles. The summed E-state index contributed by atoms with van der Waals surface area (Å²) in [6.45, 7) is 2.78. The molecule has 176 valence electrons. The number of nitrogens with zero attached hydrogens (tertiary/aromatic N) is 4. The Hall–Kier alpha value is -4.24. The highest BCUT2D eigenvalue weighted by atomic mass is 32.1. The molecule has 5 aromatic rings. The van der Waals surface area contributed by atoms with Crippen LogP contribution in [0.2, 0.25) is 0 Å². The minimum absolute atomic E-state index is 0.229. The molecule has 9 heteroatoms. The Morgan fingerprint density at radius 1 is 1.11 bits per heavy atom. The van der Waals surface area contributed by atoms with Gasteiger partial charge in [0, 0.05) is 41.7 Å². The van der Waals surface area contributed by atoms with E-state index in [2.05, 4.69) is 12.0 Å². The fourth-order valence-electron chi connectivity index (χ4n) is 4.69. The predicted octanol–water partition coefficient (Wildman–Crippen LogP) is 3.49. The lowest BCUT2D eigenvalue weighted by atomic mass is 10.0. The Kier molecular flexibility index (Phi) is 5.49. The minimum Gasteiger partial charge on any atom is -0.389 e. The quantitative estimate of drug-likeness (QED) is 0.358. The van der Waals surface area contributed by atoms with Gasteiger partial charge in [-0.1, -0.05) is 55.5 Å². The summed E-state index contributed by atoms with van der Waals surface area (Å²) in [5.74, 6) is -0.635. The Morgan fingerprint density at radius 2 is 1.89 bits per heavy atom. The fraction of sp³-hybridized carbons (Fsp3) is 0.154. The summed E-state index contributed by atoms with van der Waals surface area (Å²) in [6, 6.07) is 14.7. The van der Waals surface area contributed by atoms with Crippen LogP contribution in [-0.2, 0) is 13.6 Å². The number of hydrogen-bond acceptors (Lipinski definition) is 4. The van der Waals surface area contributed by atoms with Gasteiger partial charge in [-0.05, 0) is 18.6 Å². The molecule has 0 saturated carbocycles. The van der Waals surface area contributed by atoms with Crippen LogP contribution in [0.15, 0.2) is 65.7 Å². The van der Waals surface area contributed by atoms with Gasteiger partial charge in [-0.3, -0.25) is 14.3 Å². The maximum atomic E-state index is 13.8. The van der Waals surface area contributed by atoms with Crippen LogP contribution in [0, 0.1) is 0 Å². The number of primary amides is 1. The van der Waals surface area contributed by atoms with Crippen LogP contribution in [-0.4, -0.2) is 29.8 Å². The molecule has 0 atom stereocenters. The largest absolute Gasteiger partial charge is 0.389 e. The van der Waals surface area contributed by atoms with Gasteiger partial charge in [0.05, 0.1) is 28.7 Å². The van der Waals surface area contributed by atoms with Crippen LogP contribution in [0.5, 0.6) is 0 Å². The molecule has 5 rings (SSSR count). The third-order valence-corrected chi connectivity index (χ3v) is 6.45. The fourth-order valence-corrected chi connectivity index (χ4v) is 4.82. The van der Waals surface area contributed by atoms with Gasteiger partial charge in [-0.15, -0.1) is 0 Å². The Bertz CT molecular complexity index is 1710. The second-order valence-corrected chi connectivity index (χ2v) is 8.87. The first kappa shape index (κ1) is 22.5. The Balaban J connectivity index is 2.04. The zero-order valence-corrected chi connectivity index (χ0v) is 20.2. The van der Waals surface area contributed by atoms with Crippen molar-refractivity contribution in [2.45, 2.75) is 19.9 Å². The van der Waals surface area contributed by atoms with E-state index in [1.807, 2.05) is 53.3 Å². The van der Waals surface area contributed by atoms with Crippen LogP contribution in [0.4, 0.5) is 0 Å². The predicted molar refractivity (Wildman–Crippen MR) is 142 cm³/mol. The average Bonchev–Trinajstić information content (AvgIpc) is 3.45. The van der Waals surface area contributed by atoms with Crippen molar-refractivity contribution in [3.8, 4) is 16.9 Å². The van der Waals surface area contributed by atoms with Crippen LogP contribution in [0.3, 0.4) is 0 Å². The number of thiocarbonyl (C=S) groups is 1. The lowest BCUT2D eigenvalue weighted by molar-refractivity contribution is 0.100. The summed E-state index contributed by atoms with van der Waals surface area (Å²) in [7, 11) is 1.72. The van der Waals surface area contributed by atoms with Gasteiger partial charge >= 0.3 is 0 Å². The molecule has 8 nitrogen and oxygen atoms in total. The average molecular weight is 485 g/mol. The summed E-state index contributed by atoms with van der Waals surface area (Å²) in [4.78, 5) is 27.1. The van der Waals surface area contributed by atoms with Gasteiger partial charge in [0.2, 0.25) is 0 Å². The van der Waals surface area contributed by atoms with Crippen molar-refractivity contribution in [1.82, 2.24) is 18.9 Å². The molecule has 0 saturated heterocycles. The van der Waals surface area contributed by atoms with E-state index in [1.54, 1.807) is 28.4 Å². The summed E-state index contributed by atoms with van der Waals surface area (Å²) in [5, 5.41) is 5.73. The first-order valence-electron chi connectivity index (χ1n) is 11.2. The number of amides is 1. The summed E-state index contributed by atoms with van der Waals surface area (Å²) < 4.78 is 5.18. The first-order chi connectivity index (χ1) is 16.8. The zero-order chi connectivity index (χ0) is 24.9. The highest BCUT2D eigenvalue weighted by Crippen LogP contribution is 2.38. The van der Waals surface area contributed by atoms with Crippen LogP contribution in [0.25, 0.3) is 38.8 Å². The maximum absolute atomic E-state index is 13.8. The summed E-state index contributed by atoms with van der Waals surface area (Å²) in [6.07, 6.45) is 4.45. The van der Waals surface area contributed by atoms with E-state index < -0.39 is 5.91 Å². The van der Waals surface area contributed by atoms with Crippen molar-refractivity contribution in [2.75, 3.05) is 0 Å². The number of aromatic nitrogens is 4. The van der Waals surface area contributed by atoms with E-state index in [0.29, 0.717) is 38.9 Å². The van der Waals surface area contributed by atoms with Crippen LogP contribution in [0.1, 0.15) is 29.3 Å². The number of para-hydroxylation sites is 1. The SMILES string of the molecule is CCCn1cc(-n2c(-c3cccc(C(N)=S)c3)c(C(N)=O)c3c4ccccc4n(C)c(=O)c32)cn1. The second-order valence-electron chi connectivity index (χ2n) is 8.43. The van der Waals surface area contributed by atoms with E-state index >= 15 is 0 Å². The van der Waals surface area contributed by atoms with Gasteiger partial charge in [0.1, 0.15) is 10.5 Å². The second kappa shape index (κ2) is 8.52. The molecule has 0 radical (unpaired) electrons. The highest BCUT2D eigenvalue weighted by molar-refractivity contribution is 7.80. The number of carbonyl (C=O) groups is 1. The molecule has 0 aliphatic carbocycles. The minimum atomic E-state index is -0.635. The van der Waals surface area contributed by atoms with Crippen molar-refractivity contribution in [1.29, 1.82) is 0 Å². The number of rotatable bonds is 6. The Morgan fingerprint density at radius 3 is 2.60 bits per heavy atom. The number of aryl methyl sites for hydroxylation is 2. The van der Waals surface area contributed by atoms with Gasteiger partial charge in [0.25, 0.3) is 11.5 Å². The van der Waals surface area contributed by atoms with Crippen LogP contribution >= 0.6 is 12.2 Å². The molecule has 0 spiro atoms. The monoisotopic (exact) mass is 484 g/mol. The number of hydrogen-bond donors (Lipinski definition) is 2. The van der Waals surface area contributed by atoms with Crippen molar-refractivity contribution in [3.05, 3.63) is 82.4 Å². The standard InChI is InChI=1S/C26H24N6O2S/c1-3-11-31-14-17(13-29-31)32-22(15-7-6-8-16(12-15)25(28)35)21(24(27)33)20-18-9-4-5-10-19(18)30(2)26(34)23(20)32/h4-10,12-14H,3,11H2,1-2H3,(H2,27,33)(H2,28,35). The molecule has 35 heavy (non-hydrogen) atoms. The van der Waals surface area contributed by atoms with E-state index in [0.717, 1.165) is 18.4 Å². The molecule has 0 fully saturated rings. The molecule has 3 heterocycles. The van der Waals surface area contributed by atoms with E-state index in [9.17, 15) is 9.59 Å². The lowest BCUT2D eigenvalue weighted by Crippen LogP contribution is -2.19. The zero-order valence-electron chi connectivity index (χ0n) is 19.4. The van der Waals surface area contributed by atoms with E-state index in [-0.39, 0.29) is 16.1 Å². The maximum Gasteiger partial charge on any atom is 0.275 e. The van der Waals surface area contributed by atoms with Crippen molar-refractivity contribution in [3.63, 3.8) is 0 Å². The molecule has 0 unspecified atom stereocenters. The third-order valence-electron chi connectivity index (χ3n) is 6.21. The molecule has 0 aliphatic rings. The first-order valence-corrected chi connectivity index (χ1v) is 11.6. The summed E-state index contributed by atoms with van der Waals surface area (Å²) in [5.41, 5.74) is 15.4. The molecule has 0 bridgehead atoms. The van der Waals surface area contributed by atoms with Gasteiger partial charge in [0.15, 0.2) is 0 Å². The van der Waals surface area contributed by atoms with E-state index in [4.69, 9.17) is 23.7 Å². The number of nitrogens with two attached hydrogens (primary N) is 2. The molecule has 0 aliphatic heterocycles. The number of carbonyl (C=O) groups excluding carboxylic acids is 1. The van der Waals surface area contributed by atoms with Crippen molar-refractivity contribution < 1.29 is 4.79 Å². The molecule has 3 aromatic heterocycles. The third kappa shape index (κ3) is 3.52. The van der Waals surface area contributed by atoms with Gasteiger partial charge in [-0.2, -0.15) is 5.10 Å². The molecular formula is C26H24N6O2S. The number of benzene rings is 2. The highest BCUT2D eigenvalue weighted by Gasteiger charge is 2.28. The number of fused-ring (bicyclic) bond motifs is 3. The topological polar surface area (TPSA) is 114 Å². The molecule has 1 amide bonds. The lowest BCUT2D eigenvalue weighted by Gasteiger charge is -2.11. The van der Waals surface area contributed by atoms with Gasteiger partial charge < -0.3 is 20.6 Å². The summed E-state index contributed by atoms with van der Waals surface area (Å²) >= 11 is 5.19. The molecule has 4 N–H and O–H groups in total. The number of pyridine rings is 1. The Labute approximate surface area is 206 Å². The van der Waals surface area contributed by atoms with Crippen molar-refractivity contribution in [2.24, 2.45) is 18.5 Å². The van der Waals surface area contributed by atoms with Gasteiger partial charge in [-0.25, -0.2) is 0 Å². The molecular weight excluding hydrogens is 460 g/mol. The normalized spacial score (nSPS) is 11.4. The van der Waals surface area contributed by atoms with Crippen molar-refractivity contribution >= 4 is 44.9 Å². The van der Waals surface area contributed by atoms with Crippen LogP contribution < -0.4 is 17.0 Å².